The van der Waals surface area contributed by atoms with Gasteiger partial charge in [-0.3, -0.25) is 4.79 Å². The van der Waals surface area contributed by atoms with Gasteiger partial charge < -0.3 is 40.3 Å². The zero-order valence-corrected chi connectivity index (χ0v) is 42.4. The lowest BCUT2D eigenvalue weighted by atomic mass is 10.0. The summed E-state index contributed by atoms with van der Waals surface area (Å²) in [6.07, 6.45) is 37.8. The molecule has 4 N–H and O–H groups in total. The van der Waals surface area contributed by atoms with Gasteiger partial charge in [-0.2, -0.15) is 0 Å². The SMILES string of the molecule is CCCCCCCCCCCCC/C=C/[C@@H](OC(=O)NCCCN(C)CCCCN(C)CCCNC(=O)OC(C)(C)C)[C@H](CO)NC(=O)CCCCCCCCCCCCCCC. The highest BCUT2D eigenvalue weighted by Gasteiger charge is 2.24. The fourth-order valence-corrected chi connectivity index (χ4v) is 7.77. The van der Waals surface area contributed by atoms with E-state index >= 15 is 0 Å². The average Bonchev–Trinajstić information content (AvgIpc) is 3.24. The molecule has 0 saturated carbocycles. The van der Waals surface area contributed by atoms with Gasteiger partial charge in [0.05, 0.1) is 12.6 Å². The van der Waals surface area contributed by atoms with E-state index in [4.69, 9.17) is 9.47 Å². The number of nitrogens with one attached hydrogen (secondary N) is 3. The van der Waals surface area contributed by atoms with Crippen molar-refractivity contribution >= 4 is 18.1 Å². The largest absolute Gasteiger partial charge is 0.444 e. The van der Waals surface area contributed by atoms with Crippen LogP contribution in [0.3, 0.4) is 0 Å². The van der Waals surface area contributed by atoms with Crippen molar-refractivity contribution in [3.8, 4) is 0 Å². The lowest BCUT2D eigenvalue weighted by Crippen LogP contribution is -2.48. The number of nitrogens with zero attached hydrogens (tertiary/aromatic N) is 2. The molecule has 0 aromatic rings. The molecule has 11 nitrogen and oxygen atoms in total. The number of amides is 3. The molecule has 0 saturated heterocycles. The number of alkyl carbamates (subject to hydrolysis) is 2. The van der Waals surface area contributed by atoms with Crippen molar-refractivity contribution in [2.45, 2.75) is 245 Å². The van der Waals surface area contributed by atoms with Crippen molar-refractivity contribution in [1.82, 2.24) is 25.8 Å². The van der Waals surface area contributed by atoms with Crippen LogP contribution < -0.4 is 16.0 Å². The molecule has 0 heterocycles. The van der Waals surface area contributed by atoms with Gasteiger partial charge in [0.1, 0.15) is 11.7 Å². The van der Waals surface area contributed by atoms with Gasteiger partial charge in [-0.05, 0) is 112 Å². The van der Waals surface area contributed by atoms with Crippen LogP contribution in [-0.4, -0.2) is 111 Å². The van der Waals surface area contributed by atoms with Crippen molar-refractivity contribution in [2.75, 3.05) is 60.0 Å². The maximum Gasteiger partial charge on any atom is 0.407 e. The highest BCUT2D eigenvalue weighted by atomic mass is 16.6. The van der Waals surface area contributed by atoms with Crippen LogP contribution in [0.25, 0.3) is 0 Å². The van der Waals surface area contributed by atoms with Gasteiger partial charge in [0.25, 0.3) is 0 Å². The lowest BCUT2D eigenvalue weighted by Gasteiger charge is -2.24. The van der Waals surface area contributed by atoms with Gasteiger partial charge in [-0.25, -0.2) is 9.59 Å². The third kappa shape index (κ3) is 43.3. The summed E-state index contributed by atoms with van der Waals surface area (Å²) in [5.41, 5.74) is -0.486. The lowest BCUT2D eigenvalue weighted by molar-refractivity contribution is -0.123. The Balaban J connectivity index is 4.64. The Morgan fingerprint density at radius 2 is 0.952 bits per heavy atom. The Morgan fingerprint density at radius 1 is 0.556 bits per heavy atom. The smallest absolute Gasteiger partial charge is 0.407 e. The molecule has 0 aromatic carbocycles. The molecule has 0 unspecified atom stereocenters. The van der Waals surface area contributed by atoms with E-state index in [2.05, 4.69) is 53.7 Å². The molecule has 3 amide bonds. The number of carbonyl (C=O) groups is 3. The molecular weight excluding hydrogens is 791 g/mol. The second-order valence-electron chi connectivity index (χ2n) is 19.3. The van der Waals surface area contributed by atoms with Crippen LogP contribution in [-0.2, 0) is 14.3 Å². The summed E-state index contributed by atoms with van der Waals surface area (Å²) in [6.45, 7) is 14.6. The summed E-state index contributed by atoms with van der Waals surface area (Å²) in [5.74, 6) is -0.104. The molecule has 0 aliphatic carbocycles. The Labute approximate surface area is 388 Å². The van der Waals surface area contributed by atoms with E-state index in [0.29, 0.717) is 19.5 Å². The van der Waals surface area contributed by atoms with E-state index in [1.807, 2.05) is 32.9 Å². The Morgan fingerprint density at radius 3 is 1.38 bits per heavy atom. The molecule has 11 heteroatoms. The highest BCUT2D eigenvalue weighted by Crippen LogP contribution is 2.15. The van der Waals surface area contributed by atoms with Gasteiger partial charge in [0, 0.05) is 19.5 Å². The van der Waals surface area contributed by atoms with Crippen molar-refractivity contribution in [3.63, 3.8) is 0 Å². The molecule has 0 aliphatic heterocycles. The first-order chi connectivity index (χ1) is 30.4. The average molecular weight is 894 g/mol. The van der Waals surface area contributed by atoms with Crippen LogP contribution in [0.5, 0.6) is 0 Å². The summed E-state index contributed by atoms with van der Waals surface area (Å²) in [6, 6.07) is -0.696. The number of rotatable bonds is 44. The fourth-order valence-electron chi connectivity index (χ4n) is 7.77. The monoisotopic (exact) mass is 894 g/mol. The zero-order valence-electron chi connectivity index (χ0n) is 42.4. The first kappa shape index (κ1) is 60.6. The standard InChI is InChI=1S/C52H103N5O6/c1-8-10-12-14-16-18-20-22-24-26-28-30-32-38-48(47(46-58)55-49(59)39-33-31-29-27-25-23-21-19-17-15-13-11-9-2)62-50(60)53-40-36-44-56(6)42-34-35-43-57(7)45-37-41-54-51(61)63-52(3,4)5/h32,38,47-48,58H,8-31,33-37,39-46H2,1-7H3,(H,53,60)(H,54,61)(H,55,59)/b38-32+/t47-,48+/m0/s1. The summed E-state index contributed by atoms with van der Waals surface area (Å²) in [4.78, 5) is 42.4. The predicted molar refractivity (Wildman–Crippen MR) is 266 cm³/mol. The van der Waals surface area contributed by atoms with Crippen LogP contribution in [0.1, 0.15) is 227 Å². The summed E-state index contributed by atoms with van der Waals surface area (Å²) in [7, 11) is 4.22. The van der Waals surface area contributed by atoms with E-state index in [1.54, 1.807) is 0 Å². The van der Waals surface area contributed by atoms with Crippen molar-refractivity contribution < 1.29 is 29.0 Å². The first-order valence-electron chi connectivity index (χ1n) is 26.3. The molecule has 0 fully saturated rings. The minimum Gasteiger partial charge on any atom is -0.444 e. The fraction of sp³-hybridized carbons (Fsp3) is 0.904. The Bertz CT molecular complexity index is 1090. The normalized spacial score (nSPS) is 12.9. The first-order valence-corrected chi connectivity index (χ1v) is 26.3. The van der Waals surface area contributed by atoms with Gasteiger partial charge in [-0.15, -0.1) is 0 Å². The Hall–Kier alpha value is -2.37. The van der Waals surface area contributed by atoms with Crippen molar-refractivity contribution in [1.29, 1.82) is 0 Å². The summed E-state index contributed by atoms with van der Waals surface area (Å²) in [5, 5.41) is 19.0. The quantitative estimate of drug-likeness (QED) is 0.0351. The van der Waals surface area contributed by atoms with E-state index in [0.717, 1.165) is 84.0 Å². The minimum absolute atomic E-state index is 0.104. The number of carbonyl (C=O) groups excluding carboxylic acids is 3. The Kier molecular flexibility index (Phi) is 41.9. The third-order valence-electron chi connectivity index (χ3n) is 11.7. The number of aliphatic hydroxyl groups is 1. The third-order valence-corrected chi connectivity index (χ3v) is 11.7. The maximum absolute atomic E-state index is 13.0. The number of hydrogen-bond acceptors (Lipinski definition) is 8. The zero-order chi connectivity index (χ0) is 46.7. The molecule has 0 rings (SSSR count). The number of ether oxygens (including phenoxy) is 2. The molecular formula is C52H103N5O6. The van der Waals surface area contributed by atoms with Crippen molar-refractivity contribution in [2.24, 2.45) is 0 Å². The van der Waals surface area contributed by atoms with Crippen LogP contribution >= 0.6 is 0 Å². The topological polar surface area (TPSA) is 132 Å². The van der Waals surface area contributed by atoms with Gasteiger partial charge in [0.2, 0.25) is 5.91 Å². The second kappa shape index (κ2) is 43.5. The van der Waals surface area contributed by atoms with Crippen LogP contribution in [0, 0.1) is 0 Å². The number of allylic oxidation sites excluding steroid dienone is 1. The summed E-state index contributed by atoms with van der Waals surface area (Å²) >= 11 is 0. The maximum atomic E-state index is 13.0. The second-order valence-corrected chi connectivity index (χ2v) is 19.3. The molecule has 2 atom stereocenters. The number of hydrogen-bond donors (Lipinski definition) is 4. The van der Waals surface area contributed by atoms with E-state index in [1.165, 1.54) is 128 Å². The van der Waals surface area contributed by atoms with Crippen molar-refractivity contribution in [3.05, 3.63) is 12.2 Å². The molecule has 0 aromatic heterocycles. The molecule has 0 aliphatic rings. The van der Waals surface area contributed by atoms with Crippen LogP contribution in [0.4, 0.5) is 9.59 Å². The molecule has 0 spiro atoms. The van der Waals surface area contributed by atoms with Gasteiger partial charge in [0.15, 0.2) is 0 Å². The molecule has 372 valence electrons. The van der Waals surface area contributed by atoms with E-state index in [9.17, 15) is 19.5 Å². The predicted octanol–water partition coefficient (Wildman–Crippen LogP) is 12.2. The van der Waals surface area contributed by atoms with Crippen LogP contribution in [0.15, 0.2) is 12.2 Å². The minimum atomic E-state index is -0.750. The van der Waals surface area contributed by atoms with E-state index < -0.39 is 23.8 Å². The highest BCUT2D eigenvalue weighted by molar-refractivity contribution is 5.76. The van der Waals surface area contributed by atoms with Crippen LogP contribution in [0.2, 0.25) is 0 Å². The number of unbranched alkanes of at least 4 members (excludes halogenated alkanes) is 24. The summed E-state index contributed by atoms with van der Waals surface area (Å²) < 4.78 is 11.1. The van der Waals surface area contributed by atoms with E-state index in [-0.39, 0.29) is 18.6 Å². The molecule has 0 radical (unpaired) electrons. The number of aliphatic hydroxyl groups excluding tert-OH is 1. The van der Waals surface area contributed by atoms with Gasteiger partial charge in [-0.1, -0.05) is 161 Å². The molecule has 0 bridgehead atoms. The van der Waals surface area contributed by atoms with Gasteiger partial charge >= 0.3 is 12.2 Å². The molecule has 63 heavy (non-hydrogen) atoms.